The summed E-state index contributed by atoms with van der Waals surface area (Å²) in [4.78, 5) is 5.04. The number of aryl methyl sites for hydroxylation is 1. The van der Waals surface area contributed by atoms with E-state index >= 15 is 0 Å². The molecule has 4 nitrogen and oxygen atoms in total. The molecule has 0 N–H and O–H groups in total. The Morgan fingerprint density at radius 2 is 1.50 bits per heavy atom. The Labute approximate surface area is 194 Å². The van der Waals surface area contributed by atoms with E-state index < -0.39 is 0 Å². The molecule has 4 aromatic rings. The second-order valence-electron chi connectivity index (χ2n) is 8.34. The van der Waals surface area contributed by atoms with Gasteiger partial charge in [-0.2, -0.15) is 0 Å². The topological polar surface area (TPSA) is 20.6 Å². The fraction of sp³-hybridized carbons (Fsp3) is 0.259. The molecule has 5 rings (SSSR count). The van der Waals surface area contributed by atoms with Crippen molar-refractivity contribution in [3.05, 3.63) is 95.1 Å². The van der Waals surface area contributed by atoms with Gasteiger partial charge in [0.15, 0.2) is 0 Å². The summed E-state index contributed by atoms with van der Waals surface area (Å²) in [5.41, 5.74) is 5.16. The average Bonchev–Trinajstić information content (AvgIpc) is 3.11. The van der Waals surface area contributed by atoms with Gasteiger partial charge in [0, 0.05) is 61.4 Å². The van der Waals surface area contributed by atoms with Gasteiger partial charge in [-0.1, -0.05) is 48.0 Å². The normalized spacial score (nSPS) is 14.8. The molecule has 1 saturated heterocycles. The second-order valence-corrected chi connectivity index (χ2v) is 8.78. The third-order valence-corrected chi connectivity index (χ3v) is 6.66. The molecule has 1 aliphatic rings. The molecule has 164 valence electrons. The first-order valence-corrected chi connectivity index (χ1v) is 11.5. The van der Waals surface area contributed by atoms with E-state index in [0.29, 0.717) is 6.61 Å². The van der Waals surface area contributed by atoms with Gasteiger partial charge < -0.3 is 14.2 Å². The number of benzene rings is 3. The van der Waals surface area contributed by atoms with Gasteiger partial charge in [0.2, 0.25) is 0 Å². The van der Waals surface area contributed by atoms with E-state index in [4.69, 9.17) is 16.3 Å². The van der Waals surface area contributed by atoms with Crippen LogP contribution < -0.4 is 9.64 Å². The number of hydrogen-bond donors (Lipinski definition) is 0. The number of halogens is 1. The molecule has 0 radical (unpaired) electrons. The lowest BCUT2D eigenvalue weighted by molar-refractivity contribution is 0.245. The number of hydrogen-bond acceptors (Lipinski definition) is 3. The molecule has 0 spiro atoms. The van der Waals surface area contributed by atoms with Gasteiger partial charge in [-0.25, -0.2) is 0 Å². The van der Waals surface area contributed by atoms with Crippen molar-refractivity contribution in [2.75, 3.05) is 31.1 Å². The number of rotatable bonds is 6. The maximum atomic E-state index is 6.16. The molecule has 32 heavy (non-hydrogen) atoms. The minimum Gasteiger partial charge on any atom is -0.487 e. The predicted octanol–water partition coefficient (Wildman–Crippen LogP) is 5.73. The zero-order valence-corrected chi connectivity index (χ0v) is 19.1. The molecule has 0 atom stereocenters. The molecule has 5 heteroatoms. The summed E-state index contributed by atoms with van der Waals surface area (Å²) in [7, 11) is 2.14. The van der Waals surface area contributed by atoms with Crippen molar-refractivity contribution in [3.63, 3.8) is 0 Å². The maximum Gasteiger partial charge on any atom is 0.129 e. The number of piperazine rings is 1. The first-order chi connectivity index (χ1) is 15.7. The minimum absolute atomic E-state index is 0.534. The molecular formula is C27H28ClN3O. The number of aromatic nitrogens is 1. The summed E-state index contributed by atoms with van der Waals surface area (Å²) < 4.78 is 8.43. The van der Waals surface area contributed by atoms with Gasteiger partial charge in [-0.3, -0.25) is 4.90 Å². The Bertz CT molecular complexity index is 1180. The van der Waals surface area contributed by atoms with Crippen LogP contribution in [0.3, 0.4) is 0 Å². The van der Waals surface area contributed by atoms with Crippen LogP contribution in [0.5, 0.6) is 5.75 Å². The molecule has 0 unspecified atom stereocenters. The van der Waals surface area contributed by atoms with E-state index in [1.54, 1.807) is 0 Å². The van der Waals surface area contributed by atoms with Crippen molar-refractivity contribution < 1.29 is 4.74 Å². The Morgan fingerprint density at radius 1 is 0.812 bits per heavy atom. The first-order valence-electron chi connectivity index (χ1n) is 11.1. The molecule has 0 amide bonds. The quantitative estimate of drug-likeness (QED) is 0.378. The Balaban J connectivity index is 1.35. The number of anilines is 1. The SMILES string of the molecule is Cn1c(COc2ccc(Cl)cc2)c(CN2CCN(c3ccccc3)CC2)c2ccccc21. The summed E-state index contributed by atoms with van der Waals surface area (Å²) in [6.45, 7) is 5.66. The molecule has 0 saturated carbocycles. The van der Waals surface area contributed by atoms with E-state index in [1.165, 1.54) is 27.8 Å². The van der Waals surface area contributed by atoms with E-state index in [0.717, 1.165) is 43.5 Å². The predicted molar refractivity (Wildman–Crippen MR) is 133 cm³/mol. The lowest BCUT2D eigenvalue weighted by Crippen LogP contribution is -2.46. The standard InChI is InChI=1S/C27H28ClN3O/c1-29-26-10-6-5-9-24(26)25(27(29)20-32-23-13-11-21(28)12-14-23)19-30-15-17-31(18-16-30)22-7-3-2-4-8-22/h2-14H,15-20H2,1H3. The molecule has 1 fully saturated rings. The fourth-order valence-electron chi connectivity index (χ4n) is 4.59. The molecule has 3 aromatic carbocycles. The second kappa shape index (κ2) is 9.27. The lowest BCUT2D eigenvalue weighted by Gasteiger charge is -2.36. The van der Waals surface area contributed by atoms with Crippen molar-refractivity contribution in [1.82, 2.24) is 9.47 Å². The molecule has 0 aliphatic carbocycles. The number of ether oxygens (including phenoxy) is 1. The van der Waals surface area contributed by atoms with E-state index in [2.05, 4.69) is 76.0 Å². The summed E-state index contributed by atoms with van der Waals surface area (Å²) in [5.74, 6) is 0.835. The minimum atomic E-state index is 0.534. The number of nitrogens with zero attached hydrogens (tertiary/aromatic N) is 3. The largest absolute Gasteiger partial charge is 0.487 e. The Kier molecular flexibility index (Phi) is 6.06. The highest BCUT2D eigenvalue weighted by Gasteiger charge is 2.22. The van der Waals surface area contributed by atoms with Crippen molar-refractivity contribution >= 4 is 28.2 Å². The fourth-order valence-corrected chi connectivity index (χ4v) is 4.72. The van der Waals surface area contributed by atoms with Crippen LogP contribution in [-0.4, -0.2) is 35.6 Å². The van der Waals surface area contributed by atoms with Crippen molar-refractivity contribution in [1.29, 1.82) is 0 Å². The molecule has 1 aromatic heterocycles. The number of fused-ring (bicyclic) bond motifs is 1. The highest BCUT2D eigenvalue weighted by molar-refractivity contribution is 6.30. The molecule has 0 bridgehead atoms. The summed E-state index contributed by atoms with van der Waals surface area (Å²) in [6.07, 6.45) is 0. The Hall–Kier alpha value is -2.95. The molecular weight excluding hydrogens is 418 g/mol. The van der Waals surface area contributed by atoms with Crippen molar-refractivity contribution in [2.24, 2.45) is 7.05 Å². The average molecular weight is 446 g/mol. The first kappa shape index (κ1) is 20.9. The van der Waals surface area contributed by atoms with Gasteiger partial charge in [0.25, 0.3) is 0 Å². The summed E-state index contributed by atoms with van der Waals surface area (Å²) in [6, 6.07) is 27.0. The van der Waals surface area contributed by atoms with Crippen LogP contribution in [-0.2, 0) is 20.2 Å². The van der Waals surface area contributed by atoms with Crippen molar-refractivity contribution in [3.8, 4) is 5.75 Å². The van der Waals surface area contributed by atoms with Crippen LogP contribution in [0.1, 0.15) is 11.3 Å². The van der Waals surface area contributed by atoms with Gasteiger partial charge >= 0.3 is 0 Å². The smallest absolute Gasteiger partial charge is 0.129 e. The van der Waals surface area contributed by atoms with Crippen LogP contribution in [0, 0.1) is 0 Å². The zero-order chi connectivity index (χ0) is 21.9. The van der Waals surface area contributed by atoms with Crippen LogP contribution in [0.15, 0.2) is 78.9 Å². The van der Waals surface area contributed by atoms with Crippen LogP contribution in [0.2, 0.25) is 5.02 Å². The lowest BCUT2D eigenvalue weighted by atomic mass is 10.1. The highest BCUT2D eigenvalue weighted by Crippen LogP contribution is 2.29. The van der Waals surface area contributed by atoms with E-state index in [1.807, 2.05) is 24.3 Å². The highest BCUT2D eigenvalue weighted by atomic mass is 35.5. The van der Waals surface area contributed by atoms with Crippen LogP contribution in [0.4, 0.5) is 5.69 Å². The summed E-state index contributed by atoms with van der Waals surface area (Å²) in [5, 5.41) is 2.03. The van der Waals surface area contributed by atoms with Crippen LogP contribution >= 0.6 is 11.6 Å². The molecule has 2 heterocycles. The van der Waals surface area contributed by atoms with Gasteiger partial charge in [-0.05, 0) is 48.0 Å². The van der Waals surface area contributed by atoms with Gasteiger partial charge in [0.05, 0.1) is 5.69 Å². The third kappa shape index (κ3) is 4.34. The van der Waals surface area contributed by atoms with Crippen LogP contribution in [0.25, 0.3) is 10.9 Å². The van der Waals surface area contributed by atoms with Crippen molar-refractivity contribution in [2.45, 2.75) is 13.2 Å². The monoisotopic (exact) mass is 445 g/mol. The molecule has 1 aliphatic heterocycles. The summed E-state index contributed by atoms with van der Waals surface area (Å²) >= 11 is 6.02. The zero-order valence-electron chi connectivity index (χ0n) is 18.4. The Morgan fingerprint density at radius 3 is 2.25 bits per heavy atom. The third-order valence-electron chi connectivity index (χ3n) is 6.41. The van der Waals surface area contributed by atoms with E-state index in [9.17, 15) is 0 Å². The van der Waals surface area contributed by atoms with Gasteiger partial charge in [0.1, 0.15) is 12.4 Å². The van der Waals surface area contributed by atoms with Gasteiger partial charge in [-0.15, -0.1) is 0 Å². The van der Waals surface area contributed by atoms with E-state index in [-0.39, 0.29) is 0 Å². The number of para-hydroxylation sites is 2. The maximum absolute atomic E-state index is 6.16.